The smallest absolute Gasteiger partial charge is 0.290 e. The Morgan fingerprint density at radius 2 is 1.86 bits per heavy atom. The summed E-state index contributed by atoms with van der Waals surface area (Å²) >= 11 is 0. The van der Waals surface area contributed by atoms with Crippen molar-refractivity contribution in [3.8, 4) is 11.3 Å². The summed E-state index contributed by atoms with van der Waals surface area (Å²) in [5.74, 6) is -0.0135. The fourth-order valence-corrected chi connectivity index (χ4v) is 3.64. The van der Waals surface area contributed by atoms with Crippen molar-refractivity contribution in [2.24, 2.45) is 7.05 Å². The Hall–Kier alpha value is -3.16. The van der Waals surface area contributed by atoms with Crippen molar-refractivity contribution in [3.63, 3.8) is 0 Å². The van der Waals surface area contributed by atoms with Gasteiger partial charge in [0, 0.05) is 62.8 Å². The molecule has 0 radical (unpaired) electrons. The van der Waals surface area contributed by atoms with Crippen LogP contribution in [0.5, 0.6) is 0 Å². The van der Waals surface area contributed by atoms with Gasteiger partial charge < -0.3 is 15.3 Å². The number of aromatic nitrogens is 2. The molecule has 0 fully saturated rings. The van der Waals surface area contributed by atoms with E-state index in [1.807, 2.05) is 41.8 Å². The first-order valence-corrected chi connectivity index (χ1v) is 9.60. The molecule has 2 aromatic rings. The summed E-state index contributed by atoms with van der Waals surface area (Å²) < 4.78 is 1.95. The van der Waals surface area contributed by atoms with E-state index in [-0.39, 0.29) is 24.3 Å². The molecule has 1 atom stereocenters. The first-order chi connectivity index (χ1) is 13.9. The molecule has 0 saturated carbocycles. The lowest BCUT2D eigenvalue weighted by Crippen LogP contribution is -2.39. The predicted octanol–water partition coefficient (Wildman–Crippen LogP) is 1.63. The monoisotopic (exact) mass is 400 g/mol. The Morgan fingerprint density at radius 3 is 2.48 bits per heavy atom. The van der Waals surface area contributed by atoms with Gasteiger partial charge in [-0.3, -0.25) is 19.1 Å². The second-order valence-corrected chi connectivity index (χ2v) is 7.06. The zero-order chi connectivity index (χ0) is 21.4. The number of hydrogen-bond donors (Lipinski definition) is 2. The Labute approximate surface area is 170 Å². The SMILES string of the molecule is CC(=O)NC(C)CC(=O)N1CCc2c(-c3ccccc3)nn(C)c2CC1.O=CO. The van der Waals surface area contributed by atoms with E-state index in [2.05, 4.69) is 17.4 Å². The van der Waals surface area contributed by atoms with E-state index in [4.69, 9.17) is 15.0 Å². The van der Waals surface area contributed by atoms with Gasteiger partial charge in [0.05, 0.1) is 5.69 Å². The fourth-order valence-electron chi connectivity index (χ4n) is 3.64. The van der Waals surface area contributed by atoms with Crippen LogP contribution in [0.2, 0.25) is 0 Å². The van der Waals surface area contributed by atoms with Gasteiger partial charge in [-0.25, -0.2) is 0 Å². The van der Waals surface area contributed by atoms with Crippen LogP contribution in [-0.4, -0.2) is 57.2 Å². The van der Waals surface area contributed by atoms with Crippen LogP contribution in [0.15, 0.2) is 30.3 Å². The van der Waals surface area contributed by atoms with E-state index < -0.39 is 0 Å². The molecule has 3 rings (SSSR count). The number of rotatable bonds is 4. The summed E-state index contributed by atoms with van der Waals surface area (Å²) in [4.78, 5) is 34.0. The molecule has 2 heterocycles. The molecule has 8 heteroatoms. The first-order valence-electron chi connectivity index (χ1n) is 9.60. The highest BCUT2D eigenvalue weighted by Gasteiger charge is 2.25. The normalized spacial score (nSPS) is 14.0. The maximum Gasteiger partial charge on any atom is 0.290 e. The van der Waals surface area contributed by atoms with Gasteiger partial charge in [-0.2, -0.15) is 5.10 Å². The van der Waals surface area contributed by atoms with Gasteiger partial charge >= 0.3 is 0 Å². The van der Waals surface area contributed by atoms with Crippen LogP contribution in [0.1, 0.15) is 31.5 Å². The average molecular weight is 400 g/mol. The minimum atomic E-state index is -0.250. The number of benzene rings is 1. The number of amides is 2. The number of aryl methyl sites for hydroxylation is 1. The van der Waals surface area contributed by atoms with Crippen molar-refractivity contribution < 1.29 is 19.5 Å². The van der Waals surface area contributed by atoms with Gasteiger partial charge in [-0.05, 0) is 13.3 Å². The highest BCUT2D eigenvalue weighted by Crippen LogP contribution is 2.28. The zero-order valence-electron chi connectivity index (χ0n) is 17.1. The molecule has 8 nitrogen and oxygen atoms in total. The number of nitrogens with zero attached hydrogens (tertiary/aromatic N) is 3. The Kier molecular flexibility index (Phi) is 7.94. The molecule has 1 aliphatic rings. The molecule has 1 aromatic heterocycles. The Bertz CT molecular complexity index is 848. The number of hydrogen-bond acceptors (Lipinski definition) is 4. The lowest BCUT2D eigenvalue weighted by Gasteiger charge is -2.22. The van der Waals surface area contributed by atoms with Gasteiger partial charge in [-0.15, -0.1) is 0 Å². The zero-order valence-corrected chi connectivity index (χ0v) is 17.1. The summed E-state index contributed by atoms with van der Waals surface area (Å²) in [5.41, 5.74) is 4.57. The largest absolute Gasteiger partial charge is 0.483 e. The molecule has 0 saturated heterocycles. The molecule has 0 aliphatic carbocycles. The van der Waals surface area contributed by atoms with E-state index in [1.54, 1.807) is 0 Å². The van der Waals surface area contributed by atoms with Gasteiger partial charge in [0.1, 0.15) is 0 Å². The molecule has 1 unspecified atom stereocenters. The predicted molar refractivity (Wildman–Crippen MR) is 109 cm³/mol. The molecule has 1 aliphatic heterocycles. The van der Waals surface area contributed by atoms with Gasteiger partial charge in [-0.1, -0.05) is 30.3 Å². The van der Waals surface area contributed by atoms with Gasteiger partial charge in [0.15, 0.2) is 0 Å². The maximum atomic E-state index is 12.6. The van der Waals surface area contributed by atoms with Crippen LogP contribution in [0, 0.1) is 0 Å². The molecular weight excluding hydrogens is 372 g/mol. The van der Waals surface area contributed by atoms with Crippen molar-refractivity contribution in [3.05, 3.63) is 41.6 Å². The van der Waals surface area contributed by atoms with Gasteiger partial charge in [0.2, 0.25) is 11.8 Å². The maximum absolute atomic E-state index is 12.6. The number of nitrogens with one attached hydrogen (secondary N) is 1. The lowest BCUT2D eigenvalue weighted by atomic mass is 10.0. The van der Waals surface area contributed by atoms with Crippen molar-refractivity contribution in [2.75, 3.05) is 13.1 Å². The number of carboxylic acid groups (broad SMARTS) is 1. The van der Waals surface area contributed by atoms with Crippen molar-refractivity contribution in [1.29, 1.82) is 0 Å². The summed E-state index contributed by atoms with van der Waals surface area (Å²) in [6, 6.07) is 10.0. The minimum Gasteiger partial charge on any atom is -0.483 e. The quantitative estimate of drug-likeness (QED) is 0.759. The summed E-state index contributed by atoms with van der Waals surface area (Å²) in [5, 5.41) is 14.4. The van der Waals surface area contributed by atoms with Crippen LogP contribution in [0.4, 0.5) is 0 Å². The average Bonchev–Trinajstić information content (AvgIpc) is 2.84. The highest BCUT2D eigenvalue weighted by atomic mass is 16.3. The van der Waals surface area contributed by atoms with Gasteiger partial charge in [0.25, 0.3) is 6.47 Å². The van der Waals surface area contributed by atoms with E-state index >= 15 is 0 Å². The highest BCUT2D eigenvalue weighted by molar-refractivity contribution is 5.79. The minimum absolute atomic E-state index is 0.0910. The van der Waals surface area contributed by atoms with Crippen LogP contribution < -0.4 is 5.32 Å². The van der Waals surface area contributed by atoms with Crippen LogP contribution in [0.3, 0.4) is 0 Å². The van der Waals surface area contributed by atoms with E-state index in [0.717, 1.165) is 24.1 Å². The van der Waals surface area contributed by atoms with E-state index in [9.17, 15) is 9.59 Å². The van der Waals surface area contributed by atoms with E-state index in [1.165, 1.54) is 18.2 Å². The second kappa shape index (κ2) is 10.4. The Balaban J connectivity index is 0.000000941. The number of carbonyl (C=O) groups excluding carboxylic acids is 2. The summed E-state index contributed by atoms with van der Waals surface area (Å²) in [7, 11) is 1.97. The second-order valence-electron chi connectivity index (χ2n) is 7.06. The molecule has 29 heavy (non-hydrogen) atoms. The molecule has 0 spiro atoms. The summed E-state index contributed by atoms with van der Waals surface area (Å²) in [6.07, 6.45) is 1.93. The topological polar surface area (TPSA) is 105 Å². The van der Waals surface area contributed by atoms with Crippen LogP contribution in [0.25, 0.3) is 11.3 Å². The van der Waals surface area contributed by atoms with E-state index in [0.29, 0.717) is 19.5 Å². The third-order valence-electron chi connectivity index (χ3n) is 4.86. The van der Waals surface area contributed by atoms with Crippen molar-refractivity contribution >= 4 is 18.3 Å². The van der Waals surface area contributed by atoms with Crippen molar-refractivity contribution in [1.82, 2.24) is 20.0 Å². The standard InChI is InChI=1S/C20H26N4O2.CH2O2/c1-14(21-15(2)25)13-19(26)24-11-9-17-18(10-12-24)23(3)22-20(17)16-7-5-4-6-8-16;2-1-3/h4-8,14H,9-13H2,1-3H3,(H,21,25);1H,(H,2,3). The third-order valence-corrected chi connectivity index (χ3v) is 4.86. The summed E-state index contributed by atoms with van der Waals surface area (Å²) in [6.45, 7) is 4.46. The number of fused-ring (bicyclic) bond motifs is 1. The number of carbonyl (C=O) groups is 3. The van der Waals surface area contributed by atoms with Crippen LogP contribution in [-0.2, 0) is 34.3 Å². The Morgan fingerprint density at radius 1 is 1.24 bits per heavy atom. The molecular formula is C21H28N4O4. The van der Waals surface area contributed by atoms with Crippen LogP contribution >= 0.6 is 0 Å². The fraction of sp³-hybridized carbons (Fsp3) is 0.429. The molecule has 1 aromatic carbocycles. The van der Waals surface area contributed by atoms with Crippen molar-refractivity contribution in [2.45, 2.75) is 39.2 Å². The molecule has 2 amide bonds. The molecule has 156 valence electrons. The third kappa shape index (κ3) is 5.91. The molecule has 0 bridgehead atoms. The molecule has 2 N–H and O–H groups in total. The lowest BCUT2D eigenvalue weighted by molar-refractivity contribution is -0.131. The first kappa shape index (κ1) is 22.1.